The number of imide groups is 2. The number of esters is 4. The van der Waals surface area contributed by atoms with E-state index in [1.807, 2.05) is 60.7 Å². The predicted octanol–water partition coefficient (Wildman–Crippen LogP) is 6.24. The number of carbonyl (C=O) groups excluding carboxylic acids is 12. The van der Waals surface area contributed by atoms with Crippen LogP contribution in [0.2, 0.25) is 8.67 Å². The number of ether oxygens (including phenoxy) is 6. The number of aliphatic carboxylic acids is 2. The Hall–Kier alpha value is -12.0. The van der Waals surface area contributed by atoms with Crippen molar-refractivity contribution in [1.82, 2.24) is 29.9 Å². The minimum absolute atomic E-state index is 0.0452. The van der Waals surface area contributed by atoms with Gasteiger partial charge in [0.2, 0.25) is 11.2 Å². The van der Waals surface area contributed by atoms with E-state index in [2.05, 4.69) is 20.3 Å². The van der Waals surface area contributed by atoms with Crippen molar-refractivity contribution in [3.63, 3.8) is 0 Å². The fourth-order valence-electron chi connectivity index (χ4n) is 13.4. The van der Waals surface area contributed by atoms with Crippen LogP contribution < -0.4 is 15.2 Å². The van der Waals surface area contributed by atoms with Crippen LogP contribution in [-0.2, 0) is 92.0 Å². The molecular formula is C74H65Cl2N9O28S2. The first-order valence-corrected chi connectivity index (χ1v) is 37.5. The number of hydroxylamine groups is 4. The molecule has 4 saturated heterocycles. The first kappa shape index (κ1) is 79.6. The number of Topliss-reactive ketones (excluding diaryl/α,β-unsaturated/α-hetero) is 2. The van der Waals surface area contributed by atoms with Crippen LogP contribution in [0.25, 0.3) is 0 Å². The van der Waals surface area contributed by atoms with Gasteiger partial charge in [-0.3, -0.25) is 57.8 Å². The lowest BCUT2D eigenvalue weighted by Crippen LogP contribution is -2.57. The summed E-state index contributed by atoms with van der Waals surface area (Å²) in [5, 5.41) is 48.0. The standard InChI is InChI=1S/C48H45ClN4O14S.C26H20ClN5O14S/c1-25-50-36(37(49)68-25)35(51-67-46(18-19-46)42(59)65-44(2,3)4)32(54)20-26-24-61-53(38(26)55)47(43(60)66-45(5,6)7)23-31(41(58)64-47)52-39(56)29-21-33-34(22-30(29)40(52)57)63-48(62-33,27-14-10-8-11-15-27)28-16-12-9-13-17-28;27-17-16(29-24(28)47-17)15(30-46-25(1-2-25)22(40)41)14(35)3-8-7-44-32(18(8)36)26(23(42)43)6-11(21(39)45-26)31-19(37)9-4-12(33)13(34)5-10(9)20(31)38/h8-17,21-22,26,31H,18-20,23-24H2,1-7H3;4-5,8,11,33-34H,1-3,6-7H2,(H2,28,29)(H,40,41)(H,42,43)/b51-35+;30-15+/t26-,31-,47?;8-,11-,26?/m00/s1. The lowest BCUT2D eigenvalue weighted by molar-refractivity contribution is -0.263. The van der Waals surface area contributed by atoms with Crippen LogP contribution in [0.1, 0.15) is 162 Å². The monoisotopic (exact) mass is 1660 g/mol. The number of oxime groups is 2. The molecule has 6 N–H and O–H groups in total. The Morgan fingerprint density at radius 1 is 0.557 bits per heavy atom. The number of halogens is 2. The summed E-state index contributed by atoms with van der Waals surface area (Å²) in [5.41, 5.74) is -5.96. The zero-order chi connectivity index (χ0) is 82.9. The average Bonchev–Trinajstić information content (AvgIpc) is 1.57. The number of aromatic hydroxyl groups is 2. The summed E-state index contributed by atoms with van der Waals surface area (Å²) >= 11 is 14.5. The van der Waals surface area contributed by atoms with E-state index in [9.17, 15) is 87.5 Å². The summed E-state index contributed by atoms with van der Waals surface area (Å²) in [6, 6.07) is 18.9. The molecule has 115 heavy (non-hydrogen) atoms. The van der Waals surface area contributed by atoms with Crippen LogP contribution in [0, 0.1) is 18.8 Å². The molecule has 15 rings (SSSR count). The number of carboxylic acids is 2. The number of amides is 6. The number of benzene rings is 4. The number of nitrogens with zero attached hydrogens (tertiary/aromatic N) is 8. The summed E-state index contributed by atoms with van der Waals surface area (Å²) in [6.07, 6.45) is -2.36. The largest absolute Gasteiger partial charge is 0.504 e. The maximum atomic E-state index is 14.4. The smallest absolute Gasteiger partial charge is 0.375 e. The SMILES string of the molecule is Cc1nc(/C(=N/OC2(C(=O)OC(C)(C)C)CC2)C(=O)C[C@H]2CON(C3(C(=O)OC(C)(C)C)C[C@H](N4C(=O)c5cc6c(cc5C4=O)OC(c4ccccc4)(c4ccccc4)O6)C(=O)O3)C2=O)c(Cl)s1.Nc1nc(/C(=N/OC2(C(=O)O)CC2)C(=O)C[C@H]2CON(C3(C(=O)O)C[C@H](N4C(=O)c5cc(O)c(O)cc5C4=O)C(=O)O3)C2=O)c(Cl)s1. The number of hydrogen-bond donors (Lipinski definition) is 5. The number of fused-ring (bicyclic) bond motifs is 3. The summed E-state index contributed by atoms with van der Waals surface area (Å²) in [5.74, 6) is -21.0. The molecular weight excluding hydrogens is 1600 g/mol. The lowest BCUT2D eigenvalue weighted by Gasteiger charge is -2.35. The molecule has 6 amide bonds. The number of thiazole rings is 2. The third kappa shape index (κ3) is 14.2. The first-order chi connectivity index (χ1) is 54.1. The number of carbonyl (C=O) groups is 14. The molecule has 6 aromatic rings. The highest BCUT2D eigenvalue weighted by Gasteiger charge is 2.68. The molecule has 2 saturated carbocycles. The topological polar surface area (TPSA) is 502 Å². The van der Waals surface area contributed by atoms with Crippen LogP contribution >= 0.6 is 45.9 Å². The van der Waals surface area contributed by atoms with Crippen LogP contribution in [0.4, 0.5) is 5.13 Å². The Labute approximate surface area is 666 Å². The summed E-state index contributed by atoms with van der Waals surface area (Å²) in [7, 11) is 0. The van der Waals surface area contributed by atoms with E-state index < -0.39 is 202 Å². The number of ketones is 2. The number of nitrogen functional groups attached to an aromatic ring is 1. The molecule has 2 aromatic heterocycles. The molecule has 6 fully saturated rings. The van der Waals surface area contributed by atoms with Gasteiger partial charge < -0.3 is 64.3 Å². The van der Waals surface area contributed by atoms with Crippen molar-refractivity contribution in [2.45, 2.75) is 152 Å². The third-order valence-electron chi connectivity index (χ3n) is 19.4. The highest BCUT2D eigenvalue weighted by atomic mass is 35.5. The summed E-state index contributed by atoms with van der Waals surface area (Å²) < 4.78 is 35.0. The van der Waals surface area contributed by atoms with Gasteiger partial charge in [-0.15, -0.1) is 11.3 Å². The van der Waals surface area contributed by atoms with Crippen molar-refractivity contribution in [2.24, 2.45) is 22.1 Å². The maximum absolute atomic E-state index is 14.4. The summed E-state index contributed by atoms with van der Waals surface area (Å²) in [6.45, 7) is 10.3. The molecule has 7 aliphatic heterocycles. The van der Waals surface area contributed by atoms with Crippen molar-refractivity contribution in [3.8, 4) is 23.0 Å². The fourth-order valence-corrected chi connectivity index (χ4v) is 15.5. The highest BCUT2D eigenvalue weighted by molar-refractivity contribution is 7.19. The van der Waals surface area contributed by atoms with Gasteiger partial charge >= 0.3 is 53.1 Å². The molecule has 6 atom stereocenters. The number of anilines is 1. The molecule has 41 heteroatoms. The highest BCUT2D eigenvalue weighted by Crippen LogP contribution is 2.52. The van der Waals surface area contributed by atoms with E-state index in [0.717, 1.165) is 34.8 Å². The van der Waals surface area contributed by atoms with Gasteiger partial charge in [0, 0.05) is 49.7 Å². The number of hydrogen-bond acceptors (Lipinski definition) is 33. The van der Waals surface area contributed by atoms with Gasteiger partial charge in [0.15, 0.2) is 51.1 Å². The van der Waals surface area contributed by atoms with Gasteiger partial charge in [-0.2, -0.15) is 10.1 Å². The second-order valence-electron chi connectivity index (χ2n) is 29.8. The molecule has 2 unspecified atom stereocenters. The van der Waals surface area contributed by atoms with Gasteiger partial charge in [0.1, 0.15) is 43.3 Å². The molecule has 37 nitrogen and oxygen atoms in total. The number of phenolic OH excluding ortho intramolecular Hbond substituents is 2. The van der Waals surface area contributed by atoms with Gasteiger partial charge in [-0.05, 0) is 72.7 Å². The quantitative estimate of drug-likeness (QED) is 0.0125. The molecule has 9 heterocycles. The minimum atomic E-state index is -2.89. The van der Waals surface area contributed by atoms with Crippen molar-refractivity contribution in [1.29, 1.82) is 0 Å². The number of rotatable bonds is 22. The zero-order valence-corrected chi connectivity index (χ0v) is 64.4. The first-order valence-electron chi connectivity index (χ1n) is 35.1. The second kappa shape index (κ2) is 28.8. The van der Waals surface area contributed by atoms with Gasteiger partial charge in [-0.25, -0.2) is 38.7 Å². The van der Waals surface area contributed by atoms with Crippen LogP contribution in [0.15, 0.2) is 95.2 Å². The van der Waals surface area contributed by atoms with E-state index in [1.54, 1.807) is 48.5 Å². The minimum Gasteiger partial charge on any atom is -0.504 e. The van der Waals surface area contributed by atoms with Crippen LogP contribution in [0.5, 0.6) is 23.0 Å². The Balaban J connectivity index is 0.000000203. The average molecular weight is 1660 g/mol. The van der Waals surface area contributed by atoms with Crippen LogP contribution in [0.3, 0.4) is 0 Å². The predicted molar refractivity (Wildman–Crippen MR) is 388 cm³/mol. The van der Waals surface area contributed by atoms with E-state index in [0.29, 0.717) is 31.0 Å². The van der Waals surface area contributed by atoms with Crippen molar-refractivity contribution >= 4 is 145 Å². The van der Waals surface area contributed by atoms with Crippen molar-refractivity contribution in [3.05, 3.63) is 143 Å². The number of aryl methyl sites for hydroxylation is 1. The fraction of sp³-hybridized carbons (Fsp3) is 0.378. The second-order valence-corrected chi connectivity index (χ2v) is 33.2. The van der Waals surface area contributed by atoms with Gasteiger partial charge in [-0.1, -0.05) is 106 Å². The Morgan fingerprint density at radius 2 is 0.957 bits per heavy atom. The molecule has 0 radical (unpaired) electrons. The van der Waals surface area contributed by atoms with Crippen molar-refractivity contribution in [2.75, 3.05) is 18.9 Å². The lowest BCUT2D eigenvalue weighted by atomic mass is 9.97. The maximum Gasteiger partial charge on any atom is 0.375 e. The molecule has 0 spiro atoms. The Morgan fingerprint density at radius 3 is 1.36 bits per heavy atom. The molecule has 0 bridgehead atoms. The number of carboxylic acid groups (broad SMARTS) is 2. The third-order valence-corrected chi connectivity index (χ3v) is 21.7. The van der Waals surface area contributed by atoms with E-state index in [4.69, 9.17) is 76.7 Å². The molecule has 600 valence electrons. The van der Waals surface area contributed by atoms with E-state index in [1.165, 1.54) is 12.1 Å². The van der Waals surface area contributed by atoms with E-state index >= 15 is 0 Å². The number of aromatic nitrogens is 2. The number of cyclic esters (lactones) is 2. The van der Waals surface area contributed by atoms with Crippen molar-refractivity contribution < 1.29 is 135 Å². The Bertz CT molecular complexity index is 5190. The number of phenols is 2. The normalized spacial score (nSPS) is 23.5. The van der Waals surface area contributed by atoms with Crippen LogP contribution in [-0.4, -0.2) is 204 Å². The van der Waals surface area contributed by atoms with E-state index in [-0.39, 0.29) is 95.4 Å². The molecule has 4 aromatic carbocycles. The Kier molecular flexibility index (Phi) is 19.9. The van der Waals surface area contributed by atoms with Gasteiger partial charge in [0.05, 0.1) is 65.2 Å². The summed E-state index contributed by atoms with van der Waals surface area (Å²) in [4.78, 5) is 220. The van der Waals surface area contributed by atoms with Gasteiger partial charge in [0.25, 0.3) is 35.4 Å². The zero-order valence-electron chi connectivity index (χ0n) is 61.3. The molecule has 9 aliphatic rings. The molecule has 2 aliphatic carbocycles. The number of nitrogens with two attached hydrogens (primary N) is 1.